The van der Waals surface area contributed by atoms with Gasteiger partial charge < -0.3 is 4.90 Å². The summed E-state index contributed by atoms with van der Waals surface area (Å²) in [6.07, 6.45) is -4.52. The highest BCUT2D eigenvalue weighted by molar-refractivity contribution is 5.65. The van der Waals surface area contributed by atoms with Gasteiger partial charge in [-0.2, -0.15) is 18.4 Å². The smallest absolute Gasteiger partial charge is 0.342 e. The van der Waals surface area contributed by atoms with Gasteiger partial charge in [0.2, 0.25) is 0 Å². The minimum absolute atomic E-state index is 0.366. The lowest BCUT2D eigenvalue weighted by atomic mass is 10.1. The van der Waals surface area contributed by atoms with Gasteiger partial charge in [-0.1, -0.05) is 18.2 Å². The van der Waals surface area contributed by atoms with E-state index in [1.807, 2.05) is 42.2 Å². The van der Waals surface area contributed by atoms with Crippen molar-refractivity contribution in [2.45, 2.75) is 13.1 Å². The molecule has 21 heavy (non-hydrogen) atoms. The number of nitrogens with zero attached hydrogens (tertiary/aromatic N) is 2. The molecule has 0 fully saturated rings. The number of anilines is 2. The van der Waals surface area contributed by atoms with Crippen LogP contribution in [0, 0.1) is 11.3 Å². The summed E-state index contributed by atoms with van der Waals surface area (Å²) in [4.78, 5) is 1.85. The third-order valence-corrected chi connectivity index (χ3v) is 3.12. The van der Waals surface area contributed by atoms with Gasteiger partial charge in [-0.05, 0) is 37.3 Å². The normalized spacial score (nSPS) is 11.0. The number of hydrogen-bond acceptors (Lipinski definition) is 2. The average molecular weight is 290 g/mol. The Balaban J connectivity index is 2.48. The number of rotatable bonds is 3. The lowest BCUT2D eigenvalue weighted by molar-refractivity contribution is -0.137. The van der Waals surface area contributed by atoms with Crippen LogP contribution in [0.25, 0.3) is 0 Å². The van der Waals surface area contributed by atoms with Crippen LogP contribution in [0.3, 0.4) is 0 Å². The molecule has 2 nitrogen and oxygen atoms in total. The Bertz CT molecular complexity index is 657. The first kappa shape index (κ1) is 14.9. The molecule has 0 unspecified atom stereocenters. The molecular weight excluding hydrogens is 277 g/mol. The van der Waals surface area contributed by atoms with Crippen molar-refractivity contribution >= 4 is 11.4 Å². The van der Waals surface area contributed by atoms with Gasteiger partial charge in [-0.25, -0.2) is 0 Å². The van der Waals surface area contributed by atoms with Crippen molar-refractivity contribution in [1.29, 1.82) is 5.26 Å². The minimum atomic E-state index is -4.52. The Morgan fingerprint density at radius 3 is 2.24 bits per heavy atom. The largest absolute Gasteiger partial charge is 0.417 e. The van der Waals surface area contributed by atoms with Gasteiger partial charge >= 0.3 is 6.18 Å². The van der Waals surface area contributed by atoms with Crippen molar-refractivity contribution in [3.8, 4) is 6.07 Å². The summed E-state index contributed by atoms with van der Waals surface area (Å²) in [5.41, 5.74) is 0.157. The van der Waals surface area contributed by atoms with E-state index in [1.165, 1.54) is 12.1 Å². The monoisotopic (exact) mass is 290 g/mol. The van der Waals surface area contributed by atoms with Gasteiger partial charge in [0.15, 0.2) is 0 Å². The van der Waals surface area contributed by atoms with E-state index < -0.39 is 11.7 Å². The summed E-state index contributed by atoms with van der Waals surface area (Å²) in [5.74, 6) is 0. The average Bonchev–Trinajstić information content (AvgIpc) is 2.48. The lowest BCUT2D eigenvalue weighted by Crippen LogP contribution is -2.17. The number of halogens is 3. The maximum absolute atomic E-state index is 12.8. The van der Waals surface area contributed by atoms with E-state index in [2.05, 4.69) is 0 Å². The molecule has 5 heteroatoms. The van der Waals surface area contributed by atoms with Crippen molar-refractivity contribution in [2.75, 3.05) is 11.4 Å². The fraction of sp³-hybridized carbons (Fsp3) is 0.188. The van der Waals surface area contributed by atoms with Crippen LogP contribution in [-0.2, 0) is 6.18 Å². The summed E-state index contributed by atoms with van der Waals surface area (Å²) in [5, 5.41) is 8.96. The molecule has 108 valence electrons. The Morgan fingerprint density at radius 1 is 1.05 bits per heavy atom. The van der Waals surface area contributed by atoms with E-state index in [1.54, 1.807) is 6.07 Å². The zero-order chi connectivity index (χ0) is 15.5. The Kier molecular flexibility index (Phi) is 4.18. The summed E-state index contributed by atoms with van der Waals surface area (Å²) >= 11 is 0. The standard InChI is InChI=1S/C16H13F3N2/c1-2-21(13-6-4-3-5-7-13)14-8-9-15(16(17,18)19)12(10-14)11-20/h3-10H,2H2,1H3. The summed E-state index contributed by atoms with van der Waals surface area (Å²) in [7, 11) is 0. The Morgan fingerprint density at radius 2 is 1.71 bits per heavy atom. The van der Waals surface area contributed by atoms with Gasteiger partial charge in [-0.15, -0.1) is 0 Å². The van der Waals surface area contributed by atoms with Crippen molar-refractivity contribution < 1.29 is 13.2 Å². The fourth-order valence-corrected chi connectivity index (χ4v) is 2.16. The van der Waals surface area contributed by atoms with Crippen LogP contribution in [-0.4, -0.2) is 6.54 Å². The molecule has 0 saturated carbocycles. The molecule has 2 rings (SSSR count). The number of para-hydroxylation sites is 1. The van der Waals surface area contributed by atoms with Gasteiger partial charge in [0.05, 0.1) is 17.2 Å². The highest BCUT2D eigenvalue weighted by Gasteiger charge is 2.33. The van der Waals surface area contributed by atoms with Crippen LogP contribution < -0.4 is 4.90 Å². The van der Waals surface area contributed by atoms with Crippen molar-refractivity contribution in [3.63, 3.8) is 0 Å². The summed E-state index contributed by atoms with van der Waals surface area (Å²) < 4.78 is 38.4. The molecule has 0 amide bonds. The molecule has 0 aromatic heterocycles. The molecule has 0 aliphatic carbocycles. The maximum Gasteiger partial charge on any atom is 0.417 e. The van der Waals surface area contributed by atoms with E-state index in [0.29, 0.717) is 12.2 Å². The van der Waals surface area contributed by atoms with E-state index in [-0.39, 0.29) is 5.56 Å². The molecule has 0 atom stereocenters. The van der Waals surface area contributed by atoms with E-state index >= 15 is 0 Å². The third-order valence-electron chi connectivity index (χ3n) is 3.12. The predicted molar refractivity (Wildman–Crippen MR) is 75.3 cm³/mol. The molecule has 2 aromatic rings. The second-order valence-corrected chi connectivity index (χ2v) is 4.42. The van der Waals surface area contributed by atoms with Crippen molar-refractivity contribution in [3.05, 3.63) is 59.7 Å². The second-order valence-electron chi connectivity index (χ2n) is 4.42. The lowest BCUT2D eigenvalue weighted by Gasteiger charge is -2.24. The van der Waals surface area contributed by atoms with Gasteiger partial charge in [0.1, 0.15) is 0 Å². The zero-order valence-corrected chi connectivity index (χ0v) is 11.4. The van der Waals surface area contributed by atoms with Gasteiger partial charge in [0, 0.05) is 17.9 Å². The Hall–Kier alpha value is -2.48. The quantitative estimate of drug-likeness (QED) is 0.816. The van der Waals surface area contributed by atoms with E-state index in [9.17, 15) is 13.2 Å². The topological polar surface area (TPSA) is 27.0 Å². The summed E-state index contributed by atoms with van der Waals surface area (Å²) in [6, 6.07) is 14.6. The first-order valence-electron chi connectivity index (χ1n) is 6.41. The molecule has 0 heterocycles. The van der Waals surface area contributed by atoms with Crippen LogP contribution >= 0.6 is 0 Å². The van der Waals surface area contributed by atoms with Crippen LogP contribution in [0.2, 0.25) is 0 Å². The number of alkyl halides is 3. The molecule has 0 aliphatic rings. The van der Waals surface area contributed by atoms with E-state index in [0.717, 1.165) is 11.8 Å². The number of benzene rings is 2. The van der Waals surface area contributed by atoms with Crippen LogP contribution in [0.4, 0.5) is 24.5 Å². The highest BCUT2D eigenvalue weighted by atomic mass is 19.4. The van der Waals surface area contributed by atoms with Gasteiger partial charge in [0.25, 0.3) is 0 Å². The molecule has 0 N–H and O–H groups in total. The summed E-state index contributed by atoms with van der Waals surface area (Å²) in [6.45, 7) is 2.48. The molecule has 0 spiro atoms. The van der Waals surface area contributed by atoms with Crippen LogP contribution in [0.1, 0.15) is 18.1 Å². The highest BCUT2D eigenvalue weighted by Crippen LogP contribution is 2.35. The second kappa shape index (κ2) is 5.88. The maximum atomic E-state index is 12.8. The Labute approximate surface area is 121 Å². The predicted octanol–water partition coefficient (Wildman–Crippen LogP) is 4.74. The molecule has 0 aliphatic heterocycles. The number of hydrogen-bond donors (Lipinski definition) is 0. The zero-order valence-electron chi connectivity index (χ0n) is 11.4. The van der Waals surface area contributed by atoms with Crippen molar-refractivity contribution in [2.24, 2.45) is 0 Å². The van der Waals surface area contributed by atoms with Crippen LogP contribution in [0.5, 0.6) is 0 Å². The molecule has 0 radical (unpaired) electrons. The van der Waals surface area contributed by atoms with Crippen LogP contribution in [0.15, 0.2) is 48.5 Å². The number of nitriles is 1. The van der Waals surface area contributed by atoms with Crippen molar-refractivity contribution in [1.82, 2.24) is 0 Å². The molecule has 2 aromatic carbocycles. The molecule has 0 bridgehead atoms. The minimum Gasteiger partial charge on any atom is -0.342 e. The molecular formula is C16H13F3N2. The fourth-order valence-electron chi connectivity index (χ4n) is 2.16. The first-order valence-corrected chi connectivity index (χ1v) is 6.41. The molecule has 0 saturated heterocycles. The first-order chi connectivity index (χ1) is 9.97. The van der Waals surface area contributed by atoms with Gasteiger partial charge in [-0.3, -0.25) is 0 Å². The SMILES string of the molecule is CCN(c1ccccc1)c1ccc(C(F)(F)F)c(C#N)c1. The van der Waals surface area contributed by atoms with E-state index in [4.69, 9.17) is 5.26 Å². The third kappa shape index (κ3) is 3.16.